The zero-order chi connectivity index (χ0) is 19.7. The quantitative estimate of drug-likeness (QED) is 0.497. The third kappa shape index (κ3) is 3.62. The molecule has 0 aliphatic carbocycles. The maximum atomic E-state index is 13.6. The van der Waals surface area contributed by atoms with Crippen LogP contribution in [0.15, 0.2) is 24.3 Å². The summed E-state index contributed by atoms with van der Waals surface area (Å²) in [5, 5.41) is 2.31. The van der Waals surface area contributed by atoms with E-state index in [2.05, 4.69) is 5.32 Å². The van der Waals surface area contributed by atoms with Gasteiger partial charge in [0.05, 0.1) is 6.42 Å². The molecule has 1 heterocycles. The minimum atomic E-state index is -2.28. The Bertz CT molecular complexity index is 886. The highest BCUT2D eigenvalue weighted by Crippen LogP contribution is 2.25. The van der Waals surface area contributed by atoms with E-state index in [1.54, 1.807) is 17.0 Å². The van der Waals surface area contributed by atoms with Crippen molar-refractivity contribution < 1.29 is 31.5 Å². The summed E-state index contributed by atoms with van der Waals surface area (Å²) < 4.78 is 66.6. The number of rotatable bonds is 4. The first-order valence-electron chi connectivity index (χ1n) is 8.00. The van der Waals surface area contributed by atoms with Crippen molar-refractivity contribution in [1.82, 2.24) is 0 Å². The van der Waals surface area contributed by atoms with Crippen LogP contribution in [0, 0.1) is 29.1 Å². The summed E-state index contributed by atoms with van der Waals surface area (Å²) in [7, 11) is 0. The second-order valence-electron chi connectivity index (χ2n) is 5.97. The molecular formula is C18H13F5N2O2. The van der Waals surface area contributed by atoms with E-state index in [1.165, 1.54) is 12.1 Å². The van der Waals surface area contributed by atoms with Crippen molar-refractivity contribution in [2.45, 2.75) is 19.3 Å². The van der Waals surface area contributed by atoms with Crippen LogP contribution >= 0.6 is 0 Å². The Labute approximate surface area is 150 Å². The van der Waals surface area contributed by atoms with Crippen LogP contribution in [0.1, 0.15) is 18.4 Å². The molecule has 1 aliphatic heterocycles. The average Bonchev–Trinajstić information content (AvgIpc) is 3.08. The summed E-state index contributed by atoms with van der Waals surface area (Å²) in [5.41, 5.74) is -0.322. The third-order valence-corrected chi connectivity index (χ3v) is 4.17. The van der Waals surface area contributed by atoms with Crippen molar-refractivity contribution in [3.05, 3.63) is 58.9 Å². The van der Waals surface area contributed by atoms with Gasteiger partial charge in [0, 0.05) is 29.9 Å². The molecule has 0 bridgehead atoms. The highest BCUT2D eigenvalue weighted by Gasteiger charge is 2.27. The molecule has 0 atom stereocenters. The Morgan fingerprint density at radius 3 is 2.00 bits per heavy atom. The molecule has 0 saturated carbocycles. The molecule has 1 aliphatic rings. The van der Waals surface area contributed by atoms with Gasteiger partial charge in [-0.3, -0.25) is 9.59 Å². The monoisotopic (exact) mass is 384 g/mol. The molecule has 4 nitrogen and oxygen atoms in total. The Hall–Kier alpha value is -2.97. The zero-order valence-corrected chi connectivity index (χ0v) is 13.8. The summed E-state index contributed by atoms with van der Waals surface area (Å²) in [5.74, 6) is -11.5. The first kappa shape index (κ1) is 18.8. The topological polar surface area (TPSA) is 49.4 Å². The Kier molecular flexibility index (Phi) is 5.11. The molecule has 2 amide bonds. The maximum absolute atomic E-state index is 13.6. The zero-order valence-electron chi connectivity index (χ0n) is 13.8. The molecule has 9 heteroatoms. The molecule has 0 aromatic heterocycles. The van der Waals surface area contributed by atoms with Crippen molar-refractivity contribution >= 4 is 23.2 Å². The van der Waals surface area contributed by atoms with E-state index in [4.69, 9.17) is 0 Å². The van der Waals surface area contributed by atoms with Gasteiger partial charge >= 0.3 is 0 Å². The molecule has 0 unspecified atom stereocenters. The molecule has 1 N–H and O–H groups in total. The number of nitrogens with one attached hydrogen (secondary N) is 1. The number of halogens is 5. The average molecular weight is 384 g/mol. The fourth-order valence-electron chi connectivity index (χ4n) is 2.82. The normalized spacial score (nSPS) is 14.0. The van der Waals surface area contributed by atoms with Gasteiger partial charge in [0.1, 0.15) is 0 Å². The fraction of sp³-hybridized carbons (Fsp3) is 0.222. The van der Waals surface area contributed by atoms with Gasteiger partial charge in [-0.25, -0.2) is 22.0 Å². The number of benzene rings is 2. The number of carbonyl (C=O) groups is 2. The standard InChI is InChI=1S/C18H13F5N2O2/c19-14-11(15(20)17(22)18(23)16(14)21)8-12(26)24-9-3-5-10(6-4-9)25-7-1-2-13(25)27/h3-6H,1-2,7-8H2,(H,24,26). The lowest BCUT2D eigenvalue weighted by Gasteiger charge is -2.16. The predicted molar refractivity (Wildman–Crippen MR) is 86.6 cm³/mol. The van der Waals surface area contributed by atoms with Gasteiger partial charge in [-0.1, -0.05) is 0 Å². The number of amides is 2. The second-order valence-corrected chi connectivity index (χ2v) is 5.97. The number of hydrogen-bond donors (Lipinski definition) is 1. The Balaban J connectivity index is 1.72. The minimum Gasteiger partial charge on any atom is -0.326 e. The lowest BCUT2D eigenvalue weighted by Crippen LogP contribution is -2.23. The van der Waals surface area contributed by atoms with Crippen LogP contribution in [0.2, 0.25) is 0 Å². The second kappa shape index (κ2) is 7.34. The van der Waals surface area contributed by atoms with E-state index in [1.807, 2.05) is 0 Å². The number of hydrogen-bond acceptors (Lipinski definition) is 2. The van der Waals surface area contributed by atoms with Crippen molar-refractivity contribution in [2.75, 3.05) is 16.8 Å². The molecule has 2 aromatic carbocycles. The van der Waals surface area contributed by atoms with E-state index >= 15 is 0 Å². The van der Waals surface area contributed by atoms with Crippen LogP contribution < -0.4 is 10.2 Å². The van der Waals surface area contributed by atoms with Gasteiger partial charge in [0.25, 0.3) is 0 Å². The largest absolute Gasteiger partial charge is 0.326 e. The molecule has 3 rings (SSSR count). The van der Waals surface area contributed by atoms with E-state index in [-0.39, 0.29) is 11.6 Å². The molecule has 1 fully saturated rings. The summed E-state index contributed by atoms with van der Waals surface area (Å²) >= 11 is 0. The van der Waals surface area contributed by atoms with Gasteiger partial charge in [0.2, 0.25) is 17.6 Å². The van der Waals surface area contributed by atoms with Gasteiger partial charge < -0.3 is 10.2 Å². The molecular weight excluding hydrogens is 371 g/mol. The van der Waals surface area contributed by atoms with Gasteiger partial charge in [-0.05, 0) is 30.7 Å². The first-order chi connectivity index (χ1) is 12.8. The van der Waals surface area contributed by atoms with Crippen molar-refractivity contribution in [3.63, 3.8) is 0 Å². The van der Waals surface area contributed by atoms with Crippen molar-refractivity contribution in [1.29, 1.82) is 0 Å². The SMILES string of the molecule is O=C(Cc1c(F)c(F)c(F)c(F)c1F)Nc1ccc(N2CCCC2=O)cc1. The van der Waals surface area contributed by atoms with Crippen LogP contribution in [-0.2, 0) is 16.0 Å². The smallest absolute Gasteiger partial charge is 0.229 e. The molecule has 0 spiro atoms. The number of carbonyl (C=O) groups excluding carboxylic acids is 2. The highest BCUT2D eigenvalue weighted by molar-refractivity contribution is 5.96. The van der Waals surface area contributed by atoms with Crippen LogP contribution in [0.5, 0.6) is 0 Å². The summed E-state index contributed by atoms with van der Waals surface area (Å²) in [6, 6.07) is 6.10. The van der Waals surface area contributed by atoms with Crippen LogP contribution in [0.4, 0.5) is 33.3 Å². The molecule has 142 valence electrons. The lowest BCUT2D eigenvalue weighted by molar-refractivity contribution is -0.117. The van der Waals surface area contributed by atoms with Crippen molar-refractivity contribution in [3.8, 4) is 0 Å². The first-order valence-corrected chi connectivity index (χ1v) is 8.00. The molecule has 0 radical (unpaired) electrons. The number of nitrogens with zero attached hydrogens (tertiary/aromatic N) is 1. The van der Waals surface area contributed by atoms with Gasteiger partial charge in [0.15, 0.2) is 23.3 Å². The minimum absolute atomic E-state index is 0.0156. The van der Waals surface area contributed by atoms with E-state index < -0.39 is 47.0 Å². The summed E-state index contributed by atoms with van der Waals surface area (Å²) in [6.45, 7) is 0.588. The fourth-order valence-corrected chi connectivity index (χ4v) is 2.82. The highest BCUT2D eigenvalue weighted by atomic mass is 19.2. The predicted octanol–water partition coefficient (Wildman–Crippen LogP) is 3.69. The van der Waals surface area contributed by atoms with E-state index in [0.717, 1.165) is 6.42 Å². The number of anilines is 2. The van der Waals surface area contributed by atoms with Crippen LogP contribution in [0.3, 0.4) is 0 Å². The van der Waals surface area contributed by atoms with Gasteiger partial charge in [-0.15, -0.1) is 0 Å². The molecule has 27 heavy (non-hydrogen) atoms. The lowest BCUT2D eigenvalue weighted by atomic mass is 10.1. The van der Waals surface area contributed by atoms with Crippen molar-refractivity contribution in [2.24, 2.45) is 0 Å². The summed E-state index contributed by atoms with van der Waals surface area (Å²) in [6.07, 6.45) is 0.178. The third-order valence-electron chi connectivity index (χ3n) is 4.17. The summed E-state index contributed by atoms with van der Waals surface area (Å²) in [4.78, 5) is 25.2. The van der Waals surface area contributed by atoms with E-state index in [9.17, 15) is 31.5 Å². The Morgan fingerprint density at radius 1 is 0.926 bits per heavy atom. The van der Waals surface area contributed by atoms with Gasteiger partial charge in [-0.2, -0.15) is 0 Å². The maximum Gasteiger partial charge on any atom is 0.229 e. The Morgan fingerprint density at radius 2 is 1.48 bits per heavy atom. The van der Waals surface area contributed by atoms with Crippen LogP contribution in [0.25, 0.3) is 0 Å². The molecule has 1 saturated heterocycles. The van der Waals surface area contributed by atoms with Crippen LogP contribution in [-0.4, -0.2) is 18.4 Å². The van der Waals surface area contributed by atoms with E-state index in [0.29, 0.717) is 18.7 Å². The molecule has 2 aromatic rings.